The van der Waals surface area contributed by atoms with Gasteiger partial charge in [0.1, 0.15) is 11.3 Å². The minimum absolute atomic E-state index is 0.177. The molecule has 0 spiro atoms. The van der Waals surface area contributed by atoms with Crippen molar-refractivity contribution in [2.24, 2.45) is 5.41 Å². The standard InChI is InChI=1S/C25H28FNO4/c1-25(2,3)19-11-16-14-8-5-9-31-23(14)15(13-6-4-7-13)10-17(16)21-20(26)22(28)18(24(29)30)12-27(19)21/h10,12-13,19H,4-9,11H2,1-3H3,(H,29,30)/t19-/m0/s1. The van der Waals surface area contributed by atoms with Gasteiger partial charge in [-0.15, -0.1) is 0 Å². The number of benzene rings is 1. The minimum Gasteiger partial charge on any atom is -0.493 e. The van der Waals surface area contributed by atoms with Crippen molar-refractivity contribution in [3.8, 4) is 17.0 Å². The number of fused-ring (bicyclic) bond motifs is 5. The third-order valence-electron chi connectivity index (χ3n) is 7.28. The lowest BCUT2D eigenvalue weighted by molar-refractivity contribution is 0.0692. The molecule has 1 aliphatic carbocycles. The van der Waals surface area contributed by atoms with Crippen LogP contribution in [-0.4, -0.2) is 22.2 Å². The molecule has 6 heteroatoms. The highest BCUT2D eigenvalue weighted by Gasteiger charge is 2.39. The molecular weight excluding hydrogens is 397 g/mol. The number of carboxylic acid groups (broad SMARTS) is 1. The predicted octanol–water partition coefficient (Wildman–Crippen LogP) is 5.09. The molecule has 0 unspecified atom stereocenters. The highest BCUT2D eigenvalue weighted by atomic mass is 19.1. The van der Waals surface area contributed by atoms with Crippen LogP contribution in [-0.2, 0) is 12.8 Å². The van der Waals surface area contributed by atoms with Crippen molar-refractivity contribution in [3.05, 3.63) is 50.6 Å². The molecule has 1 aromatic carbocycles. The van der Waals surface area contributed by atoms with Gasteiger partial charge in [0, 0.05) is 17.8 Å². The number of aromatic nitrogens is 1. The summed E-state index contributed by atoms with van der Waals surface area (Å²) in [7, 11) is 0. The van der Waals surface area contributed by atoms with Crippen LogP contribution >= 0.6 is 0 Å². The summed E-state index contributed by atoms with van der Waals surface area (Å²) < 4.78 is 23.4. The Bertz CT molecular complexity index is 1150. The van der Waals surface area contributed by atoms with Crippen molar-refractivity contribution < 1.29 is 19.0 Å². The van der Waals surface area contributed by atoms with Crippen molar-refractivity contribution >= 4 is 5.97 Å². The molecule has 0 amide bonds. The molecule has 1 N–H and O–H groups in total. The number of aromatic carboxylic acids is 1. The summed E-state index contributed by atoms with van der Waals surface area (Å²) in [6.45, 7) is 6.89. The van der Waals surface area contributed by atoms with E-state index in [1.807, 2.05) is 6.07 Å². The molecule has 2 aromatic rings. The molecule has 5 nitrogen and oxygen atoms in total. The van der Waals surface area contributed by atoms with Gasteiger partial charge in [-0.1, -0.05) is 27.2 Å². The second-order valence-electron chi connectivity index (χ2n) is 10.2. The van der Waals surface area contributed by atoms with Crippen molar-refractivity contribution in [2.45, 2.75) is 71.3 Å². The Labute approximate surface area is 180 Å². The van der Waals surface area contributed by atoms with Crippen molar-refractivity contribution in [2.75, 3.05) is 6.61 Å². The van der Waals surface area contributed by atoms with Gasteiger partial charge in [0.2, 0.25) is 5.43 Å². The minimum atomic E-state index is -1.40. The first-order valence-electron chi connectivity index (χ1n) is 11.2. The molecule has 1 fully saturated rings. The predicted molar refractivity (Wildman–Crippen MR) is 116 cm³/mol. The number of pyridine rings is 1. The van der Waals surface area contributed by atoms with E-state index in [0.717, 1.165) is 53.7 Å². The zero-order valence-corrected chi connectivity index (χ0v) is 18.3. The average Bonchev–Trinajstić information content (AvgIpc) is 2.67. The van der Waals surface area contributed by atoms with Gasteiger partial charge < -0.3 is 14.4 Å². The zero-order chi connectivity index (χ0) is 22.1. The van der Waals surface area contributed by atoms with E-state index in [0.29, 0.717) is 18.9 Å². The molecular formula is C25H28FNO4. The van der Waals surface area contributed by atoms with Crippen LogP contribution in [0.4, 0.5) is 4.39 Å². The van der Waals surface area contributed by atoms with Gasteiger partial charge in [-0.3, -0.25) is 4.79 Å². The summed E-state index contributed by atoms with van der Waals surface area (Å²) >= 11 is 0. The topological polar surface area (TPSA) is 68.5 Å². The molecule has 2 aliphatic heterocycles. The number of hydrogen-bond acceptors (Lipinski definition) is 3. The first-order valence-corrected chi connectivity index (χ1v) is 11.2. The smallest absolute Gasteiger partial charge is 0.341 e. The van der Waals surface area contributed by atoms with Crippen molar-refractivity contribution in [3.63, 3.8) is 0 Å². The second kappa shape index (κ2) is 6.94. The lowest BCUT2D eigenvalue weighted by Gasteiger charge is -2.41. The number of nitrogens with zero attached hydrogens (tertiary/aromatic N) is 1. The van der Waals surface area contributed by atoms with Crippen LogP contribution < -0.4 is 10.2 Å². The normalized spacial score (nSPS) is 20.2. The third kappa shape index (κ3) is 3.02. The number of ether oxygens (including phenoxy) is 1. The van der Waals surface area contributed by atoms with E-state index < -0.39 is 22.8 Å². The fourth-order valence-corrected chi connectivity index (χ4v) is 5.38. The van der Waals surface area contributed by atoms with Crippen LogP contribution in [0.15, 0.2) is 17.1 Å². The Morgan fingerprint density at radius 3 is 2.58 bits per heavy atom. The quantitative estimate of drug-likeness (QED) is 0.728. The lowest BCUT2D eigenvalue weighted by Crippen LogP contribution is -2.35. The van der Waals surface area contributed by atoms with Crippen molar-refractivity contribution in [1.29, 1.82) is 0 Å². The maximum atomic E-state index is 15.6. The highest BCUT2D eigenvalue weighted by molar-refractivity contribution is 5.88. The van der Waals surface area contributed by atoms with Gasteiger partial charge in [-0.05, 0) is 66.2 Å². The van der Waals surface area contributed by atoms with Gasteiger partial charge >= 0.3 is 5.97 Å². The zero-order valence-electron chi connectivity index (χ0n) is 18.3. The molecule has 0 radical (unpaired) electrons. The van der Waals surface area contributed by atoms with Gasteiger partial charge in [0.05, 0.1) is 12.3 Å². The monoisotopic (exact) mass is 425 g/mol. The molecule has 1 saturated carbocycles. The Hall–Kier alpha value is -2.63. The molecule has 31 heavy (non-hydrogen) atoms. The van der Waals surface area contributed by atoms with Crippen LogP contribution in [0.1, 0.15) is 85.5 Å². The lowest BCUT2D eigenvalue weighted by atomic mass is 9.73. The average molecular weight is 426 g/mol. The van der Waals surface area contributed by atoms with E-state index in [9.17, 15) is 14.7 Å². The molecule has 1 atom stereocenters. The molecule has 1 aromatic heterocycles. The highest BCUT2D eigenvalue weighted by Crippen LogP contribution is 2.51. The summed E-state index contributed by atoms with van der Waals surface area (Å²) in [4.78, 5) is 24.3. The van der Waals surface area contributed by atoms with Gasteiger partial charge in [-0.25, -0.2) is 9.18 Å². The van der Waals surface area contributed by atoms with Gasteiger partial charge in [0.15, 0.2) is 5.82 Å². The second-order valence-corrected chi connectivity index (χ2v) is 10.2. The summed E-state index contributed by atoms with van der Waals surface area (Å²) in [6.07, 6.45) is 7.16. The fourth-order valence-electron chi connectivity index (χ4n) is 5.38. The Kier molecular flexibility index (Phi) is 4.54. The number of carboxylic acids is 1. The molecule has 164 valence electrons. The van der Waals surface area contributed by atoms with E-state index in [2.05, 4.69) is 20.8 Å². The number of halogens is 1. The first kappa shape index (κ1) is 20.3. The molecule has 5 rings (SSSR count). The first-order chi connectivity index (χ1) is 14.7. The Morgan fingerprint density at radius 1 is 1.23 bits per heavy atom. The van der Waals surface area contributed by atoms with E-state index >= 15 is 4.39 Å². The summed E-state index contributed by atoms with van der Waals surface area (Å²) in [5.41, 5.74) is 2.47. The SMILES string of the molecule is CC(C)(C)[C@@H]1Cc2c(cc(C3CCC3)c3c2CCCO3)-c2c(F)c(=O)c(C(=O)O)cn21. The van der Waals surface area contributed by atoms with Crippen LogP contribution in [0.25, 0.3) is 11.3 Å². The van der Waals surface area contributed by atoms with E-state index in [4.69, 9.17) is 4.74 Å². The summed E-state index contributed by atoms with van der Waals surface area (Å²) in [6, 6.07) is 1.85. The van der Waals surface area contributed by atoms with E-state index in [1.165, 1.54) is 12.6 Å². The fraction of sp³-hybridized carbons (Fsp3) is 0.520. The molecule has 3 aliphatic rings. The third-order valence-corrected chi connectivity index (χ3v) is 7.28. The Morgan fingerprint density at radius 2 is 1.97 bits per heavy atom. The van der Waals surface area contributed by atoms with E-state index in [-0.39, 0.29) is 17.2 Å². The number of hydrogen-bond donors (Lipinski definition) is 1. The van der Waals surface area contributed by atoms with Crippen molar-refractivity contribution in [1.82, 2.24) is 4.57 Å². The van der Waals surface area contributed by atoms with E-state index in [1.54, 1.807) is 4.57 Å². The summed E-state index contributed by atoms with van der Waals surface area (Å²) in [5.74, 6) is -0.988. The molecule has 0 saturated heterocycles. The Balaban J connectivity index is 1.85. The van der Waals surface area contributed by atoms with Crippen LogP contribution in [0.2, 0.25) is 0 Å². The van der Waals surface area contributed by atoms with Gasteiger partial charge in [0.25, 0.3) is 0 Å². The summed E-state index contributed by atoms with van der Waals surface area (Å²) in [5, 5.41) is 9.49. The molecule has 0 bridgehead atoms. The van der Waals surface area contributed by atoms with Gasteiger partial charge in [-0.2, -0.15) is 0 Å². The largest absolute Gasteiger partial charge is 0.493 e. The maximum Gasteiger partial charge on any atom is 0.341 e. The number of carbonyl (C=O) groups is 1. The van der Waals surface area contributed by atoms with Crippen LogP contribution in [0, 0.1) is 11.2 Å². The molecule has 3 heterocycles. The number of rotatable bonds is 2. The van der Waals surface area contributed by atoms with Crippen LogP contribution in [0.5, 0.6) is 5.75 Å². The van der Waals surface area contributed by atoms with Crippen LogP contribution in [0.3, 0.4) is 0 Å². The maximum absolute atomic E-state index is 15.6.